The van der Waals surface area contributed by atoms with Crippen LogP contribution in [-0.4, -0.2) is 131 Å². The van der Waals surface area contributed by atoms with Gasteiger partial charge in [0.2, 0.25) is 5.65 Å². The van der Waals surface area contributed by atoms with Crippen molar-refractivity contribution in [1.29, 1.82) is 0 Å². The van der Waals surface area contributed by atoms with Gasteiger partial charge in [0.1, 0.15) is 50.4 Å². The number of benzene rings is 2. The Bertz CT molecular complexity index is 2630. The molecule has 3 N–H and O–H groups in total. The normalized spacial score (nSPS) is 24.7. The maximum absolute atomic E-state index is 13.8. The number of ether oxygens (including phenoxy) is 7. The summed E-state index contributed by atoms with van der Waals surface area (Å²) in [5.74, 6) is -2.60. The van der Waals surface area contributed by atoms with Gasteiger partial charge in [-0.25, -0.2) is 23.6 Å². The molecule has 4 saturated heterocycles. The number of aliphatic hydroxyl groups excluding tert-OH is 1. The number of halogens is 2. The molecule has 0 radical (unpaired) electrons. The molecule has 8 atom stereocenters. The third-order valence-corrected chi connectivity index (χ3v) is 10.7. The van der Waals surface area contributed by atoms with Crippen LogP contribution in [0.25, 0.3) is 22.3 Å². The van der Waals surface area contributed by atoms with E-state index in [1.807, 2.05) is 6.92 Å². The zero-order valence-corrected chi connectivity index (χ0v) is 33.4. The van der Waals surface area contributed by atoms with E-state index in [0.717, 1.165) is 4.90 Å². The first-order valence-corrected chi connectivity index (χ1v) is 19.7. The number of nitrogens with zero attached hydrogens (tertiary/aromatic N) is 10. The van der Waals surface area contributed by atoms with E-state index in [-0.39, 0.29) is 83.5 Å². The van der Waals surface area contributed by atoms with Crippen LogP contribution in [0.1, 0.15) is 46.5 Å². The van der Waals surface area contributed by atoms with Gasteiger partial charge in [0.05, 0.1) is 19.0 Å². The predicted molar refractivity (Wildman–Crippen MR) is 212 cm³/mol. The fraction of sp³-hybridized carbons (Fsp3) is 0.385. The Balaban J connectivity index is 0.000000178. The van der Waals surface area contributed by atoms with Crippen molar-refractivity contribution in [2.75, 3.05) is 37.4 Å². The number of hydrogen-bond acceptors (Lipinski definition) is 19. The number of fused-ring (bicyclic) bond motifs is 4. The quantitative estimate of drug-likeness (QED) is 0.107. The predicted octanol–water partition coefficient (Wildman–Crippen LogP) is 2.95. The summed E-state index contributed by atoms with van der Waals surface area (Å²) in [5.41, 5.74) is 6.70. The summed E-state index contributed by atoms with van der Waals surface area (Å²) in [6.45, 7) is 1.02. The standard InChI is InChI=1S/C26H22N6O7.C13H15F2N5O5/c1-2-17-19-20(38-14-37-19)25(39-17)30-13-27-18-21(30)28-26(32(35)36)29-22(18)31(23(33)15-9-5-3-6-10-15)24(34)16-11-7-4-8-12-16;14-6(15)2-22-13-18-10(16)7-11(19-13)20(3-17-7)12-9-8(23-4-24-9)5(1-21)25-12/h3-13,17,19-20,25H,2,14H2,1H3;3,5-6,8-9,12,21H,1-2,4H2,(H2,16,18,19)/t17-,19-,20-,25-;5-,8-,9-,12-/m11/s1. The average Bonchev–Trinajstić information content (AvgIpc) is 4.17. The minimum atomic E-state index is -2.67. The van der Waals surface area contributed by atoms with Crippen molar-refractivity contribution in [3.05, 3.63) is 94.6 Å². The highest BCUT2D eigenvalue weighted by Crippen LogP contribution is 2.41. The highest BCUT2D eigenvalue weighted by molar-refractivity contribution is 6.27. The first-order valence-electron chi connectivity index (χ1n) is 19.7. The lowest BCUT2D eigenvalue weighted by atomic mass is 10.1. The number of aliphatic hydroxyl groups is 1. The third-order valence-electron chi connectivity index (χ3n) is 10.7. The van der Waals surface area contributed by atoms with Crippen molar-refractivity contribution >= 4 is 51.7 Å². The molecule has 6 aromatic rings. The van der Waals surface area contributed by atoms with Crippen molar-refractivity contribution in [3.8, 4) is 6.01 Å². The Labute approximate surface area is 358 Å². The summed E-state index contributed by atoms with van der Waals surface area (Å²) in [6.07, 6.45) is -3.21. The number of hydrogen-bond donors (Lipinski definition) is 2. The number of imidazole rings is 2. The lowest BCUT2D eigenvalue weighted by Gasteiger charge is -2.19. The SMILES string of the molecule is CC[C@H]1O[C@@H](n2cnc3c(N(C(=O)c4ccccc4)C(=O)c4ccccc4)nc([N+](=O)[O-])nc32)[C@@H]2OCO[C@@H]21.Nc1nc(OCC(F)F)nc2c1ncn2[C@@H]1O[C@H](CO)[C@H]2OCO[C@H]21. The van der Waals surface area contributed by atoms with E-state index in [1.165, 1.54) is 46.1 Å². The number of nitrogens with two attached hydrogens (primary N) is 1. The summed E-state index contributed by atoms with van der Waals surface area (Å²) < 4.78 is 66.8. The second-order valence-corrected chi connectivity index (χ2v) is 14.5. The zero-order valence-electron chi connectivity index (χ0n) is 33.4. The second-order valence-electron chi connectivity index (χ2n) is 14.5. The van der Waals surface area contributed by atoms with Crippen LogP contribution in [0.3, 0.4) is 0 Å². The summed E-state index contributed by atoms with van der Waals surface area (Å²) >= 11 is 0. The molecule has 334 valence electrons. The topological polar surface area (TPSA) is 279 Å². The van der Waals surface area contributed by atoms with Gasteiger partial charge in [-0.2, -0.15) is 9.97 Å². The molecule has 4 aliphatic rings. The zero-order chi connectivity index (χ0) is 44.6. The van der Waals surface area contributed by atoms with Crippen LogP contribution in [0.15, 0.2) is 73.3 Å². The number of alkyl halides is 2. The van der Waals surface area contributed by atoms with E-state index in [1.54, 1.807) is 36.4 Å². The molecule has 10 rings (SSSR count). The third kappa shape index (κ3) is 7.82. The first kappa shape index (κ1) is 42.6. The van der Waals surface area contributed by atoms with Crippen LogP contribution in [0.4, 0.5) is 26.4 Å². The lowest BCUT2D eigenvalue weighted by Crippen LogP contribution is -2.38. The monoisotopic (exact) mass is 889 g/mol. The van der Waals surface area contributed by atoms with Crippen molar-refractivity contribution in [1.82, 2.24) is 39.0 Å². The van der Waals surface area contributed by atoms with Crippen LogP contribution < -0.4 is 15.4 Å². The molecule has 2 aromatic carbocycles. The first-order chi connectivity index (χ1) is 31.1. The number of imide groups is 1. The molecule has 2 amide bonds. The van der Waals surface area contributed by atoms with Crippen LogP contribution in [-0.2, 0) is 28.4 Å². The number of nitrogen functional groups attached to an aromatic ring is 1. The number of carbonyl (C=O) groups excluding carboxylic acids is 2. The van der Waals surface area contributed by atoms with Crippen molar-refractivity contribution in [3.63, 3.8) is 0 Å². The maximum atomic E-state index is 13.8. The van der Waals surface area contributed by atoms with Crippen LogP contribution in [0.2, 0.25) is 0 Å². The minimum Gasteiger partial charge on any atom is -0.457 e. The largest absolute Gasteiger partial charge is 0.473 e. The number of anilines is 2. The van der Waals surface area contributed by atoms with Gasteiger partial charge >= 0.3 is 12.0 Å². The number of nitro groups is 1. The molecule has 8 heterocycles. The van der Waals surface area contributed by atoms with Gasteiger partial charge < -0.3 is 54.1 Å². The molecule has 4 fully saturated rings. The highest BCUT2D eigenvalue weighted by Gasteiger charge is 2.52. The van der Waals surface area contributed by atoms with E-state index >= 15 is 0 Å². The molecule has 23 nitrogen and oxygen atoms in total. The highest BCUT2D eigenvalue weighted by atomic mass is 19.3. The van der Waals surface area contributed by atoms with Crippen LogP contribution in [0, 0.1) is 10.1 Å². The van der Waals surface area contributed by atoms with Crippen molar-refractivity contribution in [2.24, 2.45) is 0 Å². The van der Waals surface area contributed by atoms with E-state index in [0.29, 0.717) is 6.42 Å². The lowest BCUT2D eigenvalue weighted by molar-refractivity contribution is -0.394. The Morgan fingerprint density at radius 2 is 1.36 bits per heavy atom. The molecule has 0 spiro atoms. The Kier molecular flexibility index (Phi) is 11.8. The maximum Gasteiger partial charge on any atom is 0.473 e. The molecule has 25 heteroatoms. The molecule has 0 aliphatic carbocycles. The Morgan fingerprint density at radius 3 is 1.91 bits per heavy atom. The van der Waals surface area contributed by atoms with Gasteiger partial charge in [0, 0.05) is 11.1 Å². The van der Waals surface area contributed by atoms with Crippen molar-refractivity contribution < 1.29 is 61.6 Å². The fourth-order valence-corrected chi connectivity index (χ4v) is 7.81. The molecular formula is C39H37F2N11O12. The molecule has 64 heavy (non-hydrogen) atoms. The van der Waals surface area contributed by atoms with E-state index < -0.39 is 72.6 Å². The average molecular weight is 890 g/mol. The summed E-state index contributed by atoms with van der Waals surface area (Å²) in [7, 11) is 0. The van der Waals surface area contributed by atoms with Gasteiger partial charge in [-0.05, 0) is 45.6 Å². The molecule has 4 aromatic heterocycles. The summed E-state index contributed by atoms with van der Waals surface area (Å²) in [5, 5.41) is 21.4. The molecular weight excluding hydrogens is 852 g/mol. The molecule has 0 saturated carbocycles. The number of rotatable bonds is 11. The fourth-order valence-electron chi connectivity index (χ4n) is 7.81. The minimum absolute atomic E-state index is 0.00757. The van der Waals surface area contributed by atoms with Gasteiger partial charge in [0.15, 0.2) is 41.6 Å². The van der Waals surface area contributed by atoms with E-state index in [2.05, 4.69) is 29.9 Å². The summed E-state index contributed by atoms with van der Waals surface area (Å²) in [6, 6.07) is 15.9. The van der Waals surface area contributed by atoms with Crippen LogP contribution in [0.5, 0.6) is 6.01 Å². The Hall–Kier alpha value is -6.74. The number of aromatic nitrogens is 8. The van der Waals surface area contributed by atoms with Gasteiger partial charge in [-0.3, -0.25) is 18.7 Å². The van der Waals surface area contributed by atoms with Crippen molar-refractivity contribution in [2.45, 2.75) is 68.8 Å². The van der Waals surface area contributed by atoms with E-state index in [4.69, 9.17) is 38.9 Å². The second kappa shape index (κ2) is 17.8. The number of amides is 2. The van der Waals surface area contributed by atoms with Gasteiger partial charge in [-0.15, -0.1) is 0 Å². The van der Waals surface area contributed by atoms with Gasteiger partial charge in [0.25, 0.3) is 24.1 Å². The number of carbonyl (C=O) groups is 2. The van der Waals surface area contributed by atoms with E-state index in [9.17, 15) is 33.6 Å². The van der Waals surface area contributed by atoms with Crippen LogP contribution >= 0.6 is 0 Å². The molecule has 0 bridgehead atoms. The molecule has 4 aliphatic heterocycles. The smallest absolute Gasteiger partial charge is 0.457 e. The summed E-state index contributed by atoms with van der Waals surface area (Å²) in [4.78, 5) is 64.0. The van der Waals surface area contributed by atoms with Gasteiger partial charge in [-0.1, -0.05) is 43.3 Å². The molecule has 0 unspecified atom stereocenters. The Morgan fingerprint density at radius 1 is 0.828 bits per heavy atom.